The van der Waals surface area contributed by atoms with Gasteiger partial charge in [-0.2, -0.15) is 0 Å². The van der Waals surface area contributed by atoms with Crippen LogP contribution >= 0.6 is 24.8 Å². The Morgan fingerprint density at radius 1 is 1.02 bits per heavy atom. The molecule has 0 spiro atoms. The molecule has 3 atom stereocenters. The summed E-state index contributed by atoms with van der Waals surface area (Å²) in [4.78, 5) is 40.8. The fourth-order valence-corrected chi connectivity index (χ4v) is 6.16. The summed E-state index contributed by atoms with van der Waals surface area (Å²) < 4.78 is 5.66. The molecule has 13 heteroatoms. The number of hydrogen-bond acceptors (Lipinski definition) is 9. The molecule has 0 unspecified atom stereocenters. The standard InChI is InChI=1S/C34H48N8O3.2ClH/c1-22(35-5)20-36-30(34(2,3)4)33(44)42-17-9-10-28(42)32(43)40-27-18-25-26(19-29(27)45-6)37-21-38-31(25)39-23-11-13-24(14-12-23)41-15-7-8-16-41;;/h11-14,18-19,21-22,28,30,35-36H,7-10,15-17,20H2,1-6H3,(H,40,43)(H,37,38,39);2*1H/t22-,28-,30+;;/m0../s1. The van der Waals surface area contributed by atoms with Crippen molar-refractivity contribution in [1.82, 2.24) is 25.5 Å². The molecule has 0 aliphatic carbocycles. The number of aromatic nitrogens is 2. The van der Waals surface area contributed by atoms with E-state index in [2.05, 4.69) is 67.3 Å². The number of nitrogens with zero attached hydrogens (tertiary/aromatic N) is 4. The molecule has 0 bridgehead atoms. The van der Waals surface area contributed by atoms with Crippen LogP contribution in [0, 0.1) is 5.41 Å². The molecule has 2 aliphatic rings. The minimum atomic E-state index is -0.579. The minimum absolute atomic E-state index is 0. The molecule has 11 nitrogen and oxygen atoms in total. The molecular formula is C34H50Cl2N8O3. The molecule has 47 heavy (non-hydrogen) atoms. The summed E-state index contributed by atoms with van der Waals surface area (Å²) in [6.45, 7) is 11.6. The molecule has 0 saturated carbocycles. The van der Waals surface area contributed by atoms with Crippen molar-refractivity contribution in [2.24, 2.45) is 5.41 Å². The highest BCUT2D eigenvalue weighted by molar-refractivity contribution is 6.02. The number of methoxy groups -OCH3 is 1. The Labute approximate surface area is 290 Å². The van der Waals surface area contributed by atoms with Gasteiger partial charge >= 0.3 is 0 Å². The second-order valence-electron chi connectivity index (χ2n) is 13.2. The van der Waals surface area contributed by atoms with Gasteiger partial charge in [-0.3, -0.25) is 9.59 Å². The summed E-state index contributed by atoms with van der Waals surface area (Å²) in [6, 6.07) is 11.2. The number of hydrogen-bond donors (Lipinski definition) is 4. The number of amides is 2. The molecule has 1 aromatic heterocycles. The molecule has 258 valence electrons. The summed E-state index contributed by atoms with van der Waals surface area (Å²) in [5, 5.41) is 13.9. The van der Waals surface area contributed by atoms with Gasteiger partial charge in [0.15, 0.2) is 0 Å². The van der Waals surface area contributed by atoms with Crippen LogP contribution in [0.5, 0.6) is 5.75 Å². The van der Waals surface area contributed by atoms with E-state index in [-0.39, 0.29) is 48.1 Å². The number of halogens is 2. The van der Waals surface area contributed by atoms with E-state index in [0.717, 1.165) is 30.6 Å². The lowest BCUT2D eigenvalue weighted by molar-refractivity contribution is -0.140. The van der Waals surface area contributed by atoms with Crippen LogP contribution in [0.15, 0.2) is 42.7 Å². The van der Waals surface area contributed by atoms with E-state index in [1.54, 1.807) is 18.1 Å². The number of carbonyl (C=O) groups is 2. The van der Waals surface area contributed by atoms with Gasteiger partial charge in [0, 0.05) is 55.0 Å². The first kappa shape index (κ1) is 38.1. The molecule has 5 rings (SSSR count). The van der Waals surface area contributed by atoms with Crippen LogP contribution in [0.1, 0.15) is 53.4 Å². The summed E-state index contributed by atoms with van der Waals surface area (Å²) in [5.74, 6) is 0.824. The zero-order chi connectivity index (χ0) is 32.1. The molecule has 0 radical (unpaired) electrons. The monoisotopic (exact) mass is 688 g/mol. The number of benzene rings is 2. The van der Waals surface area contributed by atoms with Gasteiger partial charge in [-0.05, 0) is 75.4 Å². The lowest BCUT2D eigenvalue weighted by Gasteiger charge is -2.36. The smallest absolute Gasteiger partial charge is 0.247 e. The maximum atomic E-state index is 13.9. The van der Waals surface area contributed by atoms with Crippen LogP contribution in [-0.2, 0) is 9.59 Å². The first-order valence-electron chi connectivity index (χ1n) is 16.1. The number of nitrogens with one attached hydrogen (secondary N) is 4. The molecule has 2 aromatic carbocycles. The van der Waals surface area contributed by atoms with Crippen LogP contribution < -0.4 is 30.9 Å². The van der Waals surface area contributed by atoms with Crippen LogP contribution in [0.25, 0.3) is 10.9 Å². The Kier molecular flexibility index (Phi) is 13.5. The highest BCUT2D eigenvalue weighted by Crippen LogP contribution is 2.34. The molecule has 4 N–H and O–H groups in total. The Morgan fingerprint density at radius 3 is 2.36 bits per heavy atom. The van der Waals surface area contributed by atoms with E-state index in [1.165, 1.54) is 24.9 Å². The van der Waals surface area contributed by atoms with Crippen LogP contribution in [0.4, 0.5) is 22.9 Å². The maximum absolute atomic E-state index is 13.9. The second kappa shape index (κ2) is 16.6. The predicted octanol–water partition coefficient (Wildman–Crippen LogP) is 5.37. The molecule has 2 saturated heterocycles. The van der Waals surface area contributed by atoms with E-state index in [0.29, 0.717) is 42.3 Å². The van der Waals surface area contributed by atoms with Crippen LogP contribution in [0.3, 0.4) is 0 Å². The van der Waals surface area contributed by atoms with Crippen molar-refractivity contribution in [3.8, 4) is 5.75 Å². The van der Waals surface area contributed by atoms with Gasteiger partial charge in [-0.15, -0.1) is 24.8 Å². The first-order valence-corrected chi connectivity index (χ1v) is 16.1. The number of anilines is 4. The lowest BCUT2D eigenvalue weighted by Crippen LogP contribution is -2.57. The fourth-order valence-electron chi connectivity index (χ4n) is 6.16. The normalized spacial score (nSPS) is 17.4. The van der Waals surface area contributed by atoms with E-state index in [4.69, 9.17) is 4.74 Å². The summed E-state index contributed by atoms with van der Waals surface area (Å²) >= 11 is 0. The van der Waals surface area contributed by atoms with Crippen molar-refractivity contribution in [2.45, 2.75) is 71.5 Å². The quantitative estimate of drug-likeness (QED) is 0.211. The van der Waals surface area contributed by atoms with E-state index in [9.17, 15) is 9.59 Å². The number of fused-ring (bicyclic) bond motifs is 1. The largest absolute Gasteiger partial charge is 0.494 e. The van der Waals surface area contributed by atoms with E-state index >= 15 is 0 Å². The average molecular weight is 690 g/mol. The van der Waals surface area contributed by atoms with Crippen LogP contribution in [-0.4, -0.2) is 85.1 Å². The Balaban J connectivity index is 0.00000300. The third kappa shape index (κ3) is 8.95. The van der Waals surface area contributed by atoms with E-state index in [1.807, 2.05) is 33.9 Å². The minimum Gasteiger partial charge on any atom is -0.494 e. The molecule has 2 fully saturated rings. The van der Waals surface area contributed by atoms with Gasteiger partial charge in [0.1, 0.15) is 23.9 Å². The predicted molar refractivity (Wildman–Crippen MR) is 195 cm³/mol. The third-order valence-corrected chi connectivity index (χ3v) is 8.89. The Morgan fingerprint density at radius 2 is 1.72 bits per heavy atom. The Bertz CT molecular complexity index is 1500. The molecule has 3 aromatic rings. The number of ether oxygens (including phenoxy) is 1. The van der Waals surface area contributed by atoms with Gasteiger partial charge in [0.2, 0.25) is 11.8 Å². The number of rotatable bonds is 11. The molecule has 3 heterocycles. The topological polar surface area (TPSA) is 124 Å². The SMILES string of the molecule is CN[C@@H](C)CN[C@H](C(=O)N1CCC[C@H]1C(=O)Nc1cc2c(Nc3ccc(N4CCCC4)cc3)ncnc2cc1OC)C(C)(C)C.Cl.Cl. The van der Waals surface area contributed by atoms with Crippen LogP contribution in [0.2, 0.25) is 0 Å². The number of carbonyl (C=O) groups excluding carboxylic acids is 2. The van der Waals surface area contributed by atoms with Crippen molar-refractivity contribution in [2.75, 3.05) is 55.9 Å². The lowest BCUT2D eigenvalue weighted by atomic mass is 9.85. The van der Waals surface area contributed by atoms with Gasteiger partial charge in [-0.1, -0.05) is 20.8 Å². The highest BCUT2D eigenvalue weighted by atomic mass is 35.5. The van der Waals surface area contributed by atoms with Crippen molar-refractivity contribution >= 4 is 70.4 Å². The van der Waals surface area contributed by atoms with E-state index < -0.39 is 12.1 Å². The molecule has 2 amide bonds. The zero-order valence-electron chi connectivity index (χ0n) is 28.3. The highest BCUT2D eigenvalue weighted by Gasteiger charge is 2.41. The van der Waals surface area contributed by atoms with Gasteiger partial charge in [0.25, 0.3) is 0 Å². The van der Waals surface area contributed by atoms with Crippen molar-refractivity contribution < 1.29 is 14.3 Å². The summed E-state index contributed by atoms with van der Waals surface area (Å²) in [6.07, 6.45) is 5.34. The van der Waals surface area contributed by atoms with Crippen molar-refractivity contribution in [3.63, 3.8) is 0 Å². The second-order valence-corrected chi connectivity index (χ2v) is 13.2. The summed E-state index contributed by atoms with van der Waals surface area (Å²) in [7, 11) is 3.47. The van der Waals surface area contributed by atoms with Gasteiger partial charge < -0.3 is 35.8 Å². The number of likely N-dealkylation sites (tertiary alicyclic amines) is 1. The van der Waals surface area contributed by atoms with Gasteiger partial charge in [-0.25, -0.2) is 9.97 Å². The first-order chi connectivity index (χ1) is 21.6. The number of likely N-dealkylation sites (N-methyl/N-ethyl adjacent to an activating group) is 1. The third-order valence-electron chi connectivity index (χ3n) is 8.89. The molecular weight excluding hydrogens is 639 g/mol. The summed E-state index contributed by atoms with van der Waals surface area (Å²) in [5.41, 5.74) is 2.99. The van der Waals surface area contributed by atoms with Crippen molar-refractivity contribution in [1.29, 1.82) is 0 Å². The van der Waals surface area contributed by atoms with Gasteiger partial charge in [0.05, 0.1) is 24.4 Å². The maximum Gasteiger partial charge on any atom is 0.247 e. The Hall–Kier alpha value is -3.38. The fraction of sp³-hybridized carbons (Fsp3) is 0.529. The average Bonchev–Trinajstić information content (AvgIpc) is 3.74. The molecule has 2 aliphatic heterocycles. The van der Waals surface area contributed by atoms with Crippen molar-refractivity contribution in [3.05, 3.63) is 42.7 Å². The zero-order valence-corrected chi connectivity index (χ0v) is 29.9.